The lowest BCUT2D eigenvalue weighted by Gasteiger charge is -2.17. The maximum Gasteiger partial charge on any atom is 0.237 e. The summed E-state index contributed by atoms with van der Waals surface area (Å²) in [6.07, 6.45) is 5.77. The van der Waals surface area contributed by atoms with Gasteiger partial charge in [-0.2, -0.15) is 0 Å². The van der Waals surface area contributed by atoms with Gasteiger partial charge in [-0.3, -0.25) is 9.97 Å². The third kappa shape index (κ3) is 2.28. The predicted octanol–water partition coefficient (Wildman–Crippen LogP) is 1.33. The van der Waals surface area contributed by atoms with Crippen LogP contribution in [0.2, 0.25) is 0 Å². The number of hydrogen-bond acceptors (Lipinski definition) is 5. The first-order valence-corrected chi connectivity index (χ1v) is 5.39. The van der Waals surface area contributed by atoms with Crippen LogP contribution in [0.15, 0.2) is 30.9 Å². The number of methoxy groups -OCH3 is 1. The molecule has 1 atom stereocenters. The molecule has 0 amide bonds. The third-order valence-corrected chi connectivity index (χ3v) is 2.56. The van der Waals surface area contributed by atoms with Gasteiger partial charge in [0.25, 0.3) is 0 Å². The minimum atomic E-state index is -0.434. The first-order valence-electron chi connectivity index (χ1n) is 5.39. The zero-order valence-corrected chi connectivity index (χ0v) is 10.1. The van der Waals surface area contributed by atoms with Crippen LogP contribution in [0.4, 0.5) is 4.39 Å². The zero-order chi connectivity index (χ0) is 13.0. The van der Waals surface area contributed by atoms with Crippen molar-refractivity contribution in [2.75, 3.05) is 14.2 Å². The van der Waals surface area contributed by atoms with Gasteiger partial charge in [0.15, 0.2) is 0 Å². The summed E-state index contributed by atoms with van der Waals surface area (Å²) < 4.78 is 18.9. The first kappa shape index (κ1) is 12.4. The van der Waals surface area contributed by atoms with Crippen LogP contribution in [0.1, 0.15) is 17.3 Å². The molecule has 0 saturated carbocycles. The lowest BCUT2D eigenvalue weighted by Crippen LogP contribution is -2.21. The fraction of sp³-hybridized carbons (Fsp3) is 0.250. The number of aromatic nitrogens is 3. The van der Waals surface area contributed by atoms with Gasteiger partial charge in [0.05, 0.1) is 19.3 Å². The van der Waals surface area contributed by atoms with E-state index in [2.05, 4.69) is 20.3 Å². The standard InChI is InChI=1S/C12H13FN4O/c1-14-10(8-3-4-15-7-9(8)13)11-12(18-2)17-6-5-16-11/h3-7,10,14H,1-2H3. The molecular formula is C12H13FN4O. The molecule has 94 valence electrons. The van der Waals surface area contributed by atoms with Crippen LogP contribution in [-0.4, -0.2) is 29.1 Å². The van der Waals surface area contributed by atoms with Crippen LogP contribution in [-0.2, 0) is 0 Å². The minimum Gasteiger partial charge on any atom is -0.480 e. The molecule has 2 heterocycles. The molecule has 1 N–H and O–H groups in total. The van der Waals surface area contributed by atoms with Crippen molar-refractivity contribution in [1.82, 2.24) is 20.3 Å². The van der Waals surface area contributed by atoms with E-state index in [0.717, 1.165) is 0 Å². The van der Waals surface area contributed by atoms with E-state index >= 15 is 0 Å². The monoisotopic (exact) mass is 248 g/mol. The normalized spacial score (nSPS) is 12.2. The van der Waals surface area contributed by atoms with E-state index in [1.54, 1.807) is 19.3 Å². The van der Waals surface area contributed by atoms with Gasteiger partial charge in [0, 0.05) is 24.2 Å². The second kappa shape index (κ2) is 5.50. The maximum absolute atomic E-state index is 13.8. The van der Waals surface area contributed by atoms with Crippen molar-refractivity contribution < 1.29 is 9.13 Å². The molecule has 18 heavy (non-hydrogen) atoms. The van der Waals surface area contributed by atoms with Crippen LogP contribution < -0.4 is 10.1 Å². The molecule has 0 fully saturated rings. The van der Waals surface area contributed by atoms with Crippen LogP contribution in [0, 0.1) is 5.82 Å². The summed E-state index contributed by atoms with van der Waals surface area (Å²) in [5, 5.41) is 3.00. The van der Waals surface area contributed by atoms with Gasteiger partial charge in [0.2, 0.25) is 5.88 Å². The molecule has 0 saturated heterocycles. The second-order valence-electron chi connectivity index (χ2n) is 3.57. The summed E-state index contributed by atoms with van der Waals surface area (Å²) in [6.45, 7) is 0. The zero-order valence-electron chi connectivity index (χ0n) is 10.1. The Morgan fingerprint density at radius 1 is 1.28 bits per heavy atom. The fourth-order valence-corrected chi connectivity index (χ4v) is 1.75. The van der Waals surface area contributed by atoms with E-state index < -0.39 is 11.9 Å². The van der Waals surface area contributed by atoms with E-state index in [0.29, 0.717) is 17.1 Å². The van der Waals surface area contributed by atoms with E-state index in [9.17, 15) is 4.39 Å². The van der Waals surface area contributed by atoms with Crippen LogP contribution in [0.5, 0.6) is 5.88 Å². The molecule has 6 heteroatoms. The van der Waals surface area contributed by atoms with Crippen molar-refractivity contribution in [3.8, 4) is 5.88 Å². The Bertz CT molecular complexity index is 535. The fourth-order valence-electron chi connectivity index (χ4n) is 1.75. The molecule has 0 aromatic carbocycles. The average Bonchev–Trinajstić information content (AvgIpc) is 2.42. The highest BCUT2D eigenvalue weighted by atomic mass is 19.1. The molecule has 0 spiro atoms. The summed E-state index contributed by atoms with van der Waals surface area (Å²) in [4.78, 5) is 12.0. The summed E-state index contributed by atoms with van der Waals surface area (Å²) in [6, 6.07) is 1.17. The predicted molar refractivity (Wildman–Crippen MR) is 63.7 cm³/mol. The maximum atomic E-state index is 13.8. The Hall–Kier alpha value is -2.08. The van der Waals surface area contributed by atoms with E-state index in [4.69, 9.17) is 4.74 Å². The van der Waals surface area contributed by atoms with E-state index in [-0.39, 0.29) is 0 Å². The van der Waals surface area contributed by atoms with Crippen LogP contribution in [0.25, 0.3) is 0 Å². The van der Waals surface area contributed by atoms with Gasteiger partial charge in [-0.05, 0) is 13.1 Å². The topological polar surface area (TPSA) is 59.9 Å². The molecule has 5 nitrogen and oxygen atoms in total. The van der Waals surface area contributed by atoms with Crippen molar-refractivity contribution in [3.63, 3.8) is 0 Å². The molecule has 2 rings (SSSR count). The van der Waals surface area contributed by atoms with Gasteiger partial charge in [0.1, 0.15) is 11.5 Å². The molecule has 1 unspecified atom stereocenters. The van der Waals surface area contributed by atoms with Gasteiger partial charge >= 0.3 is 0 Å². The Kier molecular flexibility index (Phi) is 3.78. The lowest BCUT2D eigenvalue weighted by atomic mass is 10.0. The van der Waals surface area contributed by atoms with Gasteiger partial charge < -0.3 is 10.1 Å². The summed E-state index contributed by atoms with van der Waals surface area (Å²) in [5.41, 5.74) is 0.985. The number of rotatable bonds is 4. The van der Waals surface area contributed by atoms with Gasteiger partial charge in [-0.25, -0.2) is 9.37 Å². The number of nitrogens with zero attached hydrogens (tertiary/aromatic N) is 3. The van der Waals surface area contributed by atoms with Crippen molar-refractivity contribution >= 4 is 0 Å². The highest BCUT2D eigenvalue weighted by Gasteiger charge is 2.21. The highest BCUT2D eigenvalue weighted by molar-refractivity contribution is 5.32. The largest absolute Gasteiger partial charge is 0.480 e. The first-order chi connectivity index (χ1) is 8.77. The van der Waals surface area contributed by atoms with Crippen molar-refractivity contribution in [1.29, 1.82) is 0 Å². The number of ether oxygens (including phenoxy) is 1. The van der Waals surface area contributed by atoms with Crippen molar-refractivity contribution in [2.45, 2.75) is 6.04 Å². The van der Waals surface area contributed by atoms with Crippen LogP contribution in [0.3, 0.4) is 0 Å². The number of hydrogen-bond donors (Lipinski definition) is 1. The molecule has 0 radical (unpaired) electrons. The molecule has 0 aliphatic rings. The Morgan fingerprint density at radius 2 is 2.06 bits per heavy atom. The third-order valence-electron chi connectivity index (χ3n) is 2.56. The average molecular weight is 248 g/mol. The smallest absolute Gasteiger partial charge is 0.237 e. The van der Waals surface area contributed by atoms with E-state index in [1.807, 2.05) is 0 Å². The molecule has 2 aromatic rings. The molecule has 2 aromatic heterocycles. The van der Waals surface area contributed by atoms with Gasteiger partial charge in [-0.1, -0.05) is 0 Å². The quantitative estimate of drug-likeness (QED) is 0.884. The molecular weight excluding hydrogens is 235 g/mol. The Balaban J connectivity index is 2.49. The summed E-state index contributed by atoms with van der Waals surface area (Å²) in [7, 11) is 3.22. The molecule has 0 aliphatic carbocycles. The number of pyridine rings is 1. The SMILES string of the molecule is CNC(c1ccncc1F)c1nccnc1OC. The van der Waals surface area contributed by atoms with Crippen molar-refractivity contribution in [2.24, 2.45) is 0 Å². The highest BCUT2D eigenvalue weighted by Crippen LogP contribution is 2.26. The Morgan fingerprint density at radius 3 is 2.72 bits per heavy atom. The van der Waals surface area contributed by atoms with Crippen molar-refractivity contribution in [3.05, 3.63) is 47.9 Å². The number of nitrogens with one attached hydrogen (secondary N) is 1. The van der Waals surface area contributed by atoms with Crippen LogP contribution >= 0.6 is 0 Å². The molecule has 0 bridgehead atoms. The summed E-state index contributed by atoms with van der Waals surface area (Å²) in [5.74, 6) is -0.0300. The van der Waals surface area contributed by atoms with E-state index in [1.165, 1.54) is 25.7 Å². The number of halogens is 1. The van der Waals surface area contributed by atoms with Gasteiger partial charge in [-0.15, -0.1) is 0 Å². The summed E-state index contributed by atoms with van der Waals surface area (Å²) >= 11 is 0. The minimum absolute atomic E-state index is 0.369. The molecule has 0 aliphatic heterocycles. The lowest BCUT2D eigenvalue weighted by molar-refractivity contribution is 0.383. The Labute approximate surface area is 104 Å². The second-order valence-corrected chi connectivity index (χ2v) is 3.57.